The van der Waals surface area contributed by atoms with Gasteiger partial charge < -0.3 is 10.2 Å². The number of rotatable bonds is 6. The molecule has 3 nitrogen and oxygen atoms in total. The SMILES string of the molecule is C[C@@H](CN1CCCCC1)[C@H](NC(=O)c1ccccc1)c1ccccc1. The molecule has 1 fully saturated rings. The van der Waals surface area contributed by atoms with Gasteiger partial charge in [0.25, 0.3) is 5.91 Å². The maximum Gasteiger partial charge on any atom is 0.251 e. The van der Waals surface area contributed by atoms with Crippen molar-refractivity contribution in [3.05, 3.63) is 71.8 Å². The van der Waals surface area contributed by atoms with Crippen molar-refractivity contribution in [2.45, 2.75) is 32.2 Å². The smallest absolute Gasteiger partial charge is 0.251 e. The van der Waals surface area contributed by atoms with Gasteiger partial charge in [-0.05, 0) is 49.5 Å². The Morgan fingerprint density at radius 3 is 2.20 bits per heavy atom. The zero-order chi connectivity index (χ0) is 17.5. The largest absolute Gasteiger partial charge is 0.345 e. The molecular weight excluding hydrogens is 308 g/mol. The van der Waals surface area contributed by atoms with Crippen molar-refractivity contribution in [1.82, 2.24) is 10.2 Å². The number of hydrogen-bond acceptors (Lipinski definition) is 2. The number of hydrogen-bond donors (Lipinski definition) is 1. The molecule has 1 heterocycles. The summed E-state index contributed by atoms with van der Waals surface area (Å²) in [4.78, 5) is 15.2. The summed E-state index contributed by atoms with van der Waals surface area (Å²) in [5, 5.41) is 3.27. The number of carbonyl (C=O) groups excluding carboxylic acids is 1. The number of amides is 1. The monoisotopic (exact) mass is 336 g/mol. The molecule has 3 heteroatoms. The van der Waals surface area contributed by atoms with Gasteiger partial charge in [0.15, 0.2) is 0 Å². The highest BCUT2D eigenvalue weighted by Gasteiger charge is 2.24. The molecule has 3 rings (SSSR count). The summed E-state index contributed by atoms with van der Waals surface area (Å²) in [6.07, 6.45) is 3.93. The molecular formula is C22H28N2O. The molecule has 132 valence electrons. The Balaban J connectivity index is 1.74. The molecule has 2 aromatic carbocycles. The highest BCUT2D eigenvalue weighted by Crippen LogP contribution is 2.24. The van der Waals surface area contributed by atoms with Crippen LogP contribution in [0.25, 0.3) is 0 Å². The van der Waals surface area contributed by atoms with Crippen LogP contribution in [0.15, 0.2) is 60.7 Å². The Labute approximate surface area is 151 Å². The minimum Gasteiger partial charge on any atom is -0.345 e. The molecule has 1 saturated heterocycles. The fraction of sp³-hybridized carbons (Fsp3) is 0.409. The van der Waals surface area contributed by atoms with Crippen LogP contribution in [-0.4, -0.2) is 30.4 Å². The summed E-state index contributed by atoms with van der Waals surface area (Å²) in [6, 6.07) is 19.8. The van der Waals surface area contributed by atoms with Gasteiger partial charge in [-0.3, -0.25) is 4.79 Å². The third kappa shape index (κ3) is 4.93. The summed E-state index contributed by atoms with van der Waals surface area (Å²) < 4.78 is 0. The van der Waals surface area contributed by atoms with Crippen molar-refractivity contribution >= 4 is 5.91 Å². The van der Waals surface area contributed by atoms with E-state index in [0.29, 0.717) is 11.5 Å². The van der Waals surface area contributed by atoms with Gasteiger partial charge in [0.2, 0.25) is 0 Å². The highest BCUT2D eigenvalue weighted by molar-refractivity contribution is 5.94. The maximum atomic E-state index is 12.7. The Morgan fingerprint density at radius 2 is 1.56 bits per heavy atom. The van der Waals surface area contributed by atoms with Gasteiger partial charge in [0, 0.05) is 12.1 Å². The fourth-order valence-electron chi connectivity index (χ4n) is 3.68. The van der Waals surface area contributed by atoms with E-state index in [0.717, 1.165) is 6.54 Å². The van der Waals surface area contributed by atoms with Gasteiger partial charge in [0.05, 0.1) is 6.04 Å². The molecule has 0 bridgehead atoms. The molecule has 0 aliphatic carbocycles. The van der Waals surface area contributed by atoms with Crippen LogP contribution in [-0.2, 0) is 0 Å². The van der Waals surface area contributed by atoms with Crippen LogP contribution in [0.1, 0.15) is 48.1 Å². The van der Waals surface area contributed by atoms with Crippen LogP contribution in [0.4, 0.5) is 0 Å². The molecule has 0 unspecified atom stereocenters. The van der Waals surface area contributed by atoms with Gasteiger partial charge in [-0.25, -0.2) is 0 Å². The third-order valence-electron chi connectivity index (χ3n) is 5.05. The second kappa shape index (κ2) is 8.82. The number of piperidine rings is 1. The van der Waals surface area contributed by atoms with E-state index in [-0.39, 0.29) is 11.9 Å². The molecule has 1 aliphatic rings. The number of carbonyl (C=O) groups is 1. The Morgan fingerprint density at radius 1 is 0.960 bits per heavy atom. The maximum absolute atomic E-state index is 12.7. The average molecular weight is 336 g/mol. The first-order valence-electron chi connectivity index (χ1n) is 9.37. The van der Waals surface area contributed by atoms with Crippen molar-refractivity contribution in [2.24, 2.45) is 5.92 Å². The number of likely N-dealkylation sites (tertiary alicyclic amines) is 1. The second-order valence-corrected chi connectivity index (χ2v) is 7.07. The van der Waals surface area contributed by atoms with E-state index in [2.05, 4.69) is 29.3 Å². The Kier molecular flexibility index (Phi) is 6.24. The minimum atomic E-state index is -0.0000489. The van der Waals surface area contributed by atoms with Crippen LogP contribution in [0.5, 0.6) is 0 Å². The lowest BCUT2D eigenvalue weighted by molar-refractivity contribution is 0.0910. The standard InChI is InChI=1S/C22H28N2O/c1-18(17-24-15-9-4-10-16-24)21(19-11-5-2-6-12-19)23-22(25)20-13-7-3-8-14-20/h2-3,5-8,11-14,18,21H,4,9-10,15-17H2,1H3,(H,23,25)/t18-,21-/m0/s1. The van der Waals surface area contributed by atoms with E-state index in [1.807, 2.05) is 48.5 Å². The summed E-state index contributed by atoms with van der Waals surface area (Å²) in [5.41, 5.74) is 1.89. The lowest BCUT2D eigenvalue weighted by atomic mass is 9.93. The molecule has 0 radical (unpaired) electrons. The first-order valence-corrected chi connectivity index (χ1v) is 9.37. The summed E-state index contributed by atoms with van der Waals surface area (Å²) in [5.74, 6) is 0.355. The van der Waals surface area contributed by atoms with Gasteiger partial charge in [-0.15, -0.1) is 0 Å². The van der Waals surface area contributed by atoms with E-state index >= 15 is 0 Å². The fourth-order valence-corrected chi connectivity index (χ4v) is 3.68. The number of benzene rings is 2. The van der Waals surface area contributed by atoms with Crippen LogP contribution in [0.2, 0.25) is 0 Å². The third-order valence-corrected chi connectivity index (χ3v) is 5.05. The number of nitrogens with zero attached hydrogens (tertiary/aromatic N) is 1. The normalized spacial score (nSPS) is 17.6. The minimum absolute atomic E-state index is 0.0000489. The van der Waals surface area contributed by atoms with Crippen molar-refractivity contribution in [3.8, 4) is 0 Å². The van der Waals surface area contributed by atoms with Crippen LogP contribution in [0.3, 0.4) is 0 Å². The van der Waals surface area contributed by atoms with E-state index < -0.39 is 0 Å². The second-order valence-electron chi connectivity index (χ2n) is 7.07. The average Bonchev–Trinajstić information content (AvgIpc) is 2.68. The van der Waals surface area contributed by atoms with Crippen molar-refractivity contribution in [3.63, 3.8) is 0 Å². The molecule has 1 amide bonds. The summed E-state index contributed by atoms with van der Waals surface area (Å²) in [7, 11) is 0. The zero-order valence-corrected chi connectivity index (χ0v) is 15.0. The lowest BCUT2D eigenvalue weighted by Crippen LogP contribution is -2.40. The molecule has 1 aliphatic heterocycles. The quantitative estimate of drug-likeness (QED) is 0.854. The van der Waals surface area contributed by atoms with Crippen LogP contribution < -0.4 is 5.32 Å². The molecule has 2 aromatic rings. The predicted octanol–water partition coefficient (Wildman–Crippen LogP) is 4.28. The zero-order valence-electron chi connectivity index (χ0n) is 15.0. The molecule has 25 heavy (non-hydrogen) atoms. The Bertz CT molecular complexity index is 650. The summed E-state index contributed by atoms with van der Waals surface area (Å²) in [6.45, 7) is 5.63. The van der Waals surface area contributed by atoms with Gasteiger partial charge in [0.1, 0.15) is 0 Å². The van der Waals surface area contributed by atoms with E-state index in [9.17, 15) is 4.79 Å². The van der Waals surface area contributed by atoms with Crippen molar-refractivity contribution in [1.29, 1.82) is 0 Å². The molecule has 2 atom stereocenters. The molecule has 0 aromatic heterocycles. The number of nitrogens with one attached hydrogen (secondary N) is 1. The van der Waals surface area contributed by atoms with Crippen LogP contribution >= 0.6 is 0 Å². The van der Waals surface area contributed by atoms with Crippen LogP contribution in [0, 0.1) is 5.92 Å². The van der Waals surface area contributed by atoms with Gasteiger partial charge in [-0.1, -0.05) is 61.9 Å². The van der Waals surface area contributed by atoms with Gasteiger partial charge >= 0.3 is 0 Å². The van der Waals surface area contributed by atoms with Crippen molar-refractivity contribution < 1.29 is 4.79 Å². The summed E-state index contributed by atoms with van der Waals surface area (Å²) >= 11 is 0. The lowest BCUT2D eigenvalue weighted by Gasteiger charge is -2.33. The molecule has 0 saturated carbocycles. The van der Waals surface area contributed by atoms with Crippen molar-refractivity contribution in [2.75, 3.05) is 19.6 Å². The molecule has 1 N–H and O–H groups in total. The topological polar surface area (TPSA) is 32.3 Å². The van der Waals surface area contributed by atoms with E-state index in [4.69, 9.17) is 0 Å². The Hall–Kier alpha value is -2.13. The van der Waals surface area contributed by atoms with E-state index in [1.54, 1.807) is 0 Å². The highest BCUT2D eigenvalue weighted by atomic mass is 16.1. The van der Waals surface area contributed by atoms with Gasteiger partial charge in [-0.2, -0.15) is 0 Å². The first kappa shape index (κ1) is 17.7. The van der Waals surface area contributed by atoms with E-state index in [1.165, 1.54) is 37.9 Å². The molecule has 0 spiro atoms. The predicted molar refractivity (Wildman–Crippen MR) is 103 cm³/mol. The first-order chi connectivity index (χ1) is 12.2.